The van der Waals surface area contributed by atoms with Crippen LogP contribution in [0, 0.1) is 0 Å². The summed E-state index contributed by atoms with van der Waals surface area (Å²) in [6.45, 7) is 1.89. The Bertz CT molecular complexity index is 1540. The molecule has 11 heteroatoms. The van der Waals surface area contributed by atoms with E-state index in [1.54, 1.807) is 48.5 Å². The van der Waals surface area contributed by atoms with Gasteiger partial charge in [0.15, 0.2) is 23.1 Å². The second kappa shape index (κ2) is 11.1. The van der Waals surface area contributed by atoms with E-state index in [0.29, 0.717) is 46.7 Å². The van der Waals surface area contributed by atoms with Gasteiger partial charge in [0.1, 0.15) is 0 Å². The van der Waals surface area contributed by atoms with Crippen LogP contribution in [0.3, 0.4) is 0 Å². The molecule has 0 fully saturated rings. The van der Waals surface area contributed by atoms with E-state index in [-0.39, 0.29) is 22.4 Å². The molecule has 4 aromatic rings. The van der Waals surface area contributed by atoms with Crippen LogP contribution in [0.5, 0.6) is 11.5 Å². The van der Waals surface area contributed by atoms with Crippen molar-refractivity contribution in [2.75, 3.05) is 29.6 Å². The number of hydrogen-bond acceptors (Lipinski definition) is 8. The lowest BCUT2D eigenvalue weighted by molar-refractivity contribution is -0.116. The fraction of sp³-hybridized carbons (Fsp3) is 0.192. The highest BCUT2D eigenvalue weighted by atomic mass is 32.2. The molecule has 1 heterocycles. The van der Waals surface area contributed by atoms with Crippen molar-refractivity contribution < 1.29 is 22.7 Å². The Morgan fingerprint density at radius 1 is 0.892 bits per heavy atom. The summed E-state index contributed by atoms with van der Waals surface area (Å²) >= 11 is 0. The number of fused-ring (bicyclic) bond motifs is 1. The molecule has 0 radical (unpaired) electrons. The number of hydrogen-bond donors (Lipinski definition) is 3. The number of carbonyl (C=O) groups is 1. The summed E-state index contributed by atoms with van der Waals surface area (Å²) < 4.78 is 40.1. The molecule has 0 aliphatic heterocycles. The standard InChI is InChI=1S/C26H27N5O5S/c1-4-9-23(32)27-17-10-7-11-18(16-17)37(33,34)31-26-25(28-19-12-5-6-13-20(19)29-26)30-21-14-8-15-22(35-2)24(21)36-3/h5-8,10-16H,4,9H2,1-3H3,(H,27,32)(H,28,30)(H,29,31). The molecule has 0 saturated carbocycles. The number of methoxy groups -OCH3 is 2. The summed E-state index contributed by atoms with van der Waals surface area (Å²) in [5.74, 6) is 0.879. The topological polar surface area (TPSA) is 132 Å². The van der Waals surface area contributed by atoms with Crippen molar-refractivity contribution in [2.24, 2.45) is 0 Å². The normalized spacial score (nSPS) is 11.1. The van der Waals surface area contributed by atoms with Crippen LogP contribution in [0.2, 0.25) is 0 Å². The minimum atomic E-state index is -4.10. The Labute approximate surface area is 215 Å². The zero-order chi connectivity index (χ0) is 26.4. The van der Waals surface area contributed by atoms with Gasteiger partial charge in [-0.05, 0) is 48.9 Å². The molecule has 10 nitrogen and oxygen atoms in total. The number of benzene rings is 3. The maximum absolute atomic E-state index is 13.4. The first-order chi connectivity index (χ1) is 17.8. The zero-order valence-corrected chi connectivity index (χ0v) is 21.4. The van der Waals surface area contributed by atoms with Crippen molar-refractivity contribution in [3.8, 4) is 11.5 Å². The molecule has 0 aliphatic rings. The predicted octanol–water partition coefficient (Wildman–Crippen LogP) is 4.93. The van der Waals surface area contributed by atoms with Crippen molar-refractivity contribution in [3.63, 3.8) is 0 Å². The van der Waals surface area contributed by atoms with E-state index < -0.39 is 10.0 Å². The van der Waals surface area contributed by atoms with E-state index in [0.717, 1.165) is 0 Å². The van der Waals surface area contributed by atoms with Crippen molar-refractivity contribution >= 4 is 50.0 Å². The highest BCUT2D eigenvalue weighted by Crippen LogP contribution is 2.37. The van der Waals surface area contributed by atoms with Crippen LogP contribution < -0.4 is 24.8 Å². The predicted molar refractivity (Wildman–Crippen MR) is 143 cm³/mol. The van der Waals surface area contributed by atoms with Gasteiger partial charge in [-0.3, -0.25) is 9.52 Å². The third kappa shape index (κ3) is 5.89. The molecular formula is C26H27N5O5S. The number of rotatable bonds is 10. The largest absolute Gasteiger partial charge is 0.493 e. The molecule has 0 unspecified atom stereocenters. The maximum Gasteiger partial charge on any atom is 0.263 e. The number of ether oxygens (including phenoxy) is 2. The Hall–Kier alpha value is -4.38. The second-order valence-corrected chi connectivity index (χ2v) is 9.69. The van der Waals surface area contributed by atoms with Gasteiger partial charge in [0.25, 0.3) is 10.0 Å². The first kappa shape index (κ1) is 25.7. The summed E-state index contributed by atoms with van der Waals surface area (Å²) in [7, 11) is -1.07. The SMILES string of the molecule is CCCC(=O)Nc1cccc(S(=O)(=O)Nc2nc3ccccc3nc2Nc2cccc(OC)c2OC)c1. The minimum absolute atomic E-state index is 0.0102. The molecular weight excluding hydrogens is 494 g/mol. The molecule has 0 saturated heterocycles. The minimum Gasteiger partial charge on any atom is -0.493 e. The molecule has 0 spiro atoms. The fourth-order valence-corrected chi connectivity index (χ4v) is 4.70. The molecule has 1 amide bonds. The van der Waals surface area contributed by atoms with Crippen molar-refractivity contribution in [3.05, 3.63) is 66.7 Å². The average molecular weight is 522 g/mol. The molecule has 4 rings (SSSR count). The van der Waals surface area contributed by atoms with Gasteiger partial charge < -0.3 is 20.1 Å². The molecule has 0 atom stereocenters. The van der Waals surface area contributed by atoms with Gasteiger partial charge in [-0.2, -0.15) is 0 Å². The summed E-state index contributed by atoms with van der Waals surface area (Å²) in [6, 6.07) is 18.4. The Balaban J connectivity index is 1.73. The van der Waals surface area contributed by atoms with Crippen molar-refractivity contribution in [1.29, 1.82) is 0 Å². The van der Waals surface area contributed by atoms with Gasteiger partial charge in [-0.25, -0.2) is 18.4 Å². The van der Waals surface area contributed by atoms with E-state index in [1.165, 1.54) is 26.4 Å². The summed E-state index contributed by atoms with van der Waals surface area (Å²) in [6.07, 6.45) is 1.02. The Morgan fingerprint density at radius 2 is 1.59 bits per heavy atom. The van der Waals surface area contributed by atoms with E-state index >= 15 is 0 Å². The zero-order valence-electron chi connectivity index (χ0n) is 20.6. The summed E-state index contributed by atoms with van der Waals surface area (Å²) in [4.78, 5) is 21.1. The van der Waals surface area contributed by atoms with Crippen molar-refractivity contribution in [1.82, 2.24) is 9.97 Å². The summed E-state index contributed by atoms with van der Waals surface area (Å²) in [5.41, 5.74) is 1.96. The Kier molecular flexibility index (Phi) is 7.73. The smallest absolute Gasteiger partial charge is 0.263 e. The van der Waals surface area contributed by atoms with Gasteiger partial charge in [0.2, 0.25) is 5.91 Å². The third-order valence-electron chi connectivity index (χ3n) is 5.36. The maximum atomic E-state index is 13.4. The number of carbonyl (C=O) groups excluding carboxylic acids is 1. The number of anilines is 4. The first-order valence-electron chi connectivity index (χ1n) is 11.5. The monoisotopic (exact) mass is 521 g/mol. The molecule has 3 N–H and O–H groups in total. The van der Waals surface area contributed by atoms with Crippen LogP contribution in [0.1, 0.15) is 19.8 Å². The fourth-order valence-electron chi connectivity index (χ4n) is 3.65. The van der Waals surface area contributed by atoms with Gasteiger partial charge >= 0.3 is 0 Å². The lowest BCUT2D eigenvalue weighted by Gasteiger charge is -2.17. The van der Waals surface area contributed by atoms with E-state index in [1.807, 2.05) is 13.0 Å². The van der Waals surface area contributed by atoms with Gasteiger partial charge in [0.05, 0.1) is 35.8 Å². The van der Waals surface area contributed by atoms with E-state index in [9.17, 15) is 13.2 Å². The number of nitrogens with zero attached hydrogens (tertiary/aromatic N) is 2. The average Bonchev–Trinajstić information content (AvgIpc) is 2.89. The first-order valence-corrected chi connectivity index (χ1v) is 13.0. The lowest BCUT2D eigenvalue weighted by atomic mass is 10.2. The van der Waals surface area contributed by atoms with Crippen LogP contribution in [0.15, 0.2) is 71.6 Å². The van der Waals surface area contributed by atoms with Gasteiger partial charge in [-0.1, -0.05) is 31.2 Å². The number of nitrogens with one attached hydrogen (secondary N) is 3. The van der Waals surface area contributed by atoms with Crippen LogP contribution in [-0.4, -0.2) is 38.5 Å². The van der Waals surface area contributed by atoms with Crippen LogP contribution in [0.25, 0.3) is 11.0 Å². The lowest BCUT2D eigenvalue weighted by Crippen LogP contribution is -2.17. The highest BCUT2D eigenvalue weighted by molar-refractivity contribution is 7.92. The van der Waals surface area contributed by atoms with E-state index in [2.05, 4.69) is 25.3 Å². The van der Waals surface area contributed by atoms with Gasteiger partial charge in [-0.15, -0.1) is 0 Å². The molecule has 0 bridgehead atoms. The van der Waals surface area contributed by atoms with Crippen LogP contribution >= 0.6 is 0 Å². The van der Waals surface area contributed by atoms with Crippen LogP contribution in [0.4, 0.5) is 23.0 Å². The number of para-hydroxylation sites is 3. The highest BCUT2D eigenvalue weighted by Gasteiger charge is 2.21. The van der Waals surface area contributed by atoms with Crippen LogP contribution in [-0.2, 0) is 14.8 Å². The van der Waals surface area contributed by atoms with Gasteiger partial charge in [0, 0.05) is 12.1 Å². The molecule has 192 valence electrons. The molecule has 1 aromatic heterocycles. The molecule has 37 heavy (non-hydrogen) atoms. The third-order valence-corrected chi connectivity index (χ3v) is 6.70. The summed E-state index contributed by atoms with van der Waals surface area (Å²) in [5, 5.41) is 5.84. The number of sulfonamides is 1. The quantitative estimate of drug-likeness (QED) is 0.268. The van der Waals surface area contributed by atoms with Crippen molar-refractivity contribution in [2.45, 2.75) is 24.7 Å². The number of aromatic nitrogens is 2. The second-order valence-electron chi connectivity index (χ2n) is 8.01. The Morgan fingerprint density at radius 3 is 2.27 bits per heavy atom. The molecule has 0 aliphatic carbocycles. The van der Waals surface area contributed by atoms with E-state index in [4.69, 9.17) is 9.47 Å². The number of amides is 1. The molecule has 3 aromatic carbocycles.